The van der Waals surface area contributed by atoms with Gasteiger partial charge in [0.15, 0.2) is 5.16 Å². The molecule has 0 atom stereocenters. The standard InChI is InChI=1S/C25H22FN3O2S/c1-16-7-12-22(17(2)13-16)29-24(31)20-5-3-4-6-21(20)28-25(29)32-15-23(30)27-14-18-8-10-19(26)11-9-18/h3-13H,14-15H2,1-2H3,(H,27,30). The van der Waals surface area contributed by atoms with Crippen LogP contribution in [0.25, 0.3) is 16.6 Å². The smallest absolute Gasteiger partial charge is 0.266 e. The molecule has 1 aromatic heterocycles. The third kappa shape index (κ3) is 4.73. The molecule has 3 aromatic carbocycles. The summed E-state index contributed by atoms with van der Waals surface area (Å²) in [5.41, 5.74) is 4.02. The van der Waals surface area contributed by atoms with Crippen LogP contribution in [-0.2, 0) is 11.3 Å². The van der Waals surface area contributed by atoms with E-state index in [0.29, 0.717) is 22.6 Å². The van der Waals surface area contributed by atoms with Crippen molar-refractivity contribution in [3.05, 3.63) is 99.6 Å². The molecule has 0 aliphatic carbocycles. The third-order valence-electron chi connectivity index (χ3n) is 5.07. The molecule has 0 radical (unpaired) electrons. The predicted molar refractivity (Wildman–Crippen MR) is 126 cm³/mol. The van der Waals surface area contributed by atoms with Gasteiger partial charge in [-0.15, -0.1) is 0 Å². The first-order valence-electron chi connectivity index (χ1n) is 10.2. The fraction of sp³-hybridized carbons (Fsp3) is 0.160. The Morgan fingerprint density at radius 1 is 1.06 bits per heavy atom. The second-order valence-corrected chi connectivity index (χ2v) is 8.48. The molecule has 1 amide bonds. The van der Waals surface area contributed by atoms with Crippen molar-refractivity contribution in [3.8, 4) is 5.69 Å². The van der Waals surface area contributed by atoms with E-state index in [2.05, 4.69) is 10.3 Å². The maximum atomic E-state index is 13.3. The Kier molecular flexibility index (Phi) is 6.37. The number of carbonyl (C=O) groups is 1. The lowest BCUT2D eigenvalue weighted by molar-refractivity contribution is -0.118. The number of thioether (sulfide) groups is 1. The summed E-state index contributed by atoms with van der Waals surface area (Å²) in [5.74, 6) is -0.423. The average Bonchev–Trinajstić information content (AvgIpc) is 2.78. The van der Waals surface area contributed by atoms with Crippen LogP contribution in [0.4, 0.5) is 4.39 Å². The van der Waals surface area contributed by atoms with Crippen molar-refractivity contribution >= 4 is 28.6 Å². The van der Waals surface area contributed by atoms with Crippen LogP contribution >= 0.6 is 11.8 Å². The number of benzene rings is 3. The molecule has 0 aliphatic heterocycles. The van der Waals surface area contributed by atoms with Crippen LogP contribution < -0.4 is 10.9 Å². The van der Waals surface area contributed by atoms with Gasteiger partial charge in [-0.3, -0.25) is 14.2 Å². The molecule has 162 valence electrons. The molecule has 4 rings (SSSR count). The SMILES string of the molecule is Cc1ccc(-n2c(SCC(=O)NCc3ccc(F)cc3)nc3ccccc3c2=O)c(C)c1. The number of para-hydroxylation sites is 1. The Morgan fingerprint density at radius 2 is 1.81 bits per heavy atom. The monoisotopic (exact) mass is 447 g/mol. The maximum Gasteiger partial charge on any atom is 0.266 e. The molecule has 32 heavy (non-hydrogen) atoms. The van der Waals surface area contributed by atoms with E-state index in [4.69, 9.17) is 0 Å². The Bertz CT molecular complexity index is 1350. The summed E-state index contributed by atoms with van der Waals surface area (Å²) in [5, 5.41) is 3.80. The van der Waals surface area contributed by atoms with Gasteiger partial charge in [-0.25, -0.2) is 9.37 Å². The van der Waals surface area contributed by atoms with E-state index in [1.165, 1.54) is 23.9 Å². The van der Waals surface area contributed by atoms with Crippen molar-refractivity contribution in [1.29, 1.82) is 0 Å². The van der Waals surface area contributed by atoms with Crippen LogP contribution in [0.15, 0.2) is 76.7 Å². The van der Waals surface area contributed by atoms with Crippen molar-refractivity contribution < 1.29 is 9.18 Å². The lowest BCUT2D eigenvalue weighted by Crippen LogP contribution is -2.26. The number of halogens is 1. The van der Waals surface area contributed by atoms with Crippen LogP contribution in [0, 0.1) is 19.7 Å². The summed E-state index contributed by atoms with van der Waals surface area (Å²) >= 11 is 1.21. The second-order valence-electron chi connectivity index (χ2n) is 7.53. The van der Waals surface area contributed by atoms with Crippen molar-refractivity contribution in [3.63, 3.8) is 0 Å². The molecule has 0 aliphatic rings. The summed E-state index contributed by atoms with van der Waals surface area (Å²) < 4.78 is 14.6. The fourth-order valence-corrected chi connectivity index (χ4v) is 4.30. The molecule has 7 heteroatoms. The zero-order valence-corrected chi connectivity index (χ0v) is 18.6. The van der Waals surface area contributed by atoms with Gasteiger partial charge in [-0.05, 0) is 55.3 Å². The molecule has 0 bridgehead atoms. The normalized spacial score (nSPS) is 11.0. The van der Waals surface area contributed by atoms with Crippen LogP contribution in [0.3, 0.4) is 0 Å². The number of hydrogen-bond acceptors (Lipinski definition) is 4. The molecule has 0 spiro atoms. The first-order chi connectivity index (χ1) is 15.4. The lowest BCUT2D eigenvalue weighted by atomic mass is 10.1. The highest BCUT2D eigenvalue weighted by Gasteiger charge is 2.16. The first kappa shape index (κ1) is 21.8. The van der Waals surface area contributed by atoms with E-state index in [-0.39, 0.29) is 23.0 Å². The number of nitrogens with one attached hydrogen (secondary N) is 1. The number of rotatable bonds is 6. The Hall–Kier alpha value is -3.45. The molecular formula is C25H22FN3O2S. The number of hydrogen-bond donors (Lipinski definition) is 1. The Morgan fingerprint density at radius 3 is 2.56 bits per heavy atom. The van der Waals surface area contributed by atoms with Gasteiger partial charge >= 0.3 is 0 Å². The second kappa shape index (κ2) is 9.36. The minimum Gasteiger partial charge on any atom is -0.351 e. The summed E-state index contributed by atoms with van der Waals surface area (Å²) in [7, 11) is 0. The molecular weight excluding hydrogens is 425 g/mol. The molecule has 0 fully saturated rings. The molecule has 0 saturated heterocycles. The van der Waals surface area contributed by atoms with Gasteiger partial charge in [0.1, 0.15) is 5.82 Å². The van der Waals surface area contributed by atoms with Gasteiger partial charge in [0.05, 0.1) is 22.3 Å². The van der Waals surface area contributed by atoms with E-state index < -0.39 is 0 Å². The number of carbonyl (C=O) groups excluding carboxylic acids is 1. The predicted octanol–water partition coefficient (Wildman–Crippen LogP) is 4.55. The average molecular weight is 448 g/mol. The zero-order valence-electron chi connectivity index (χ0n) is 17.8. The molecule has 1 heterocycles. The van der Waals surface area contributed by atoms with Crippen LogP contribution in [-0.4, -0.2) is 21.2 Å². The minimum atomic E-state index is -0.317. The number of fused-ring (bicyclic) bond motifs is 1. The van der Waals surface area contributed by atoms with Crippen molar-refractivity contribution in [2.45, 2.75) is 25.5 Å². The van der Waals surface area contributed by atoms with Gasteiger partial charge in [0.25, 0.3) is 5.56 Å². The summed E-state index contributed by atoms with van der Waals surface area (Å²) in [4.78, 5) is 30.5. The Balaban J connectivity index is 1.61. The van der Waals surface area contributed by atoms with E-state index in [1.807, 2.05) is 44.2 Å². The van der Waals surface area contributed by atoms with E-state index in [9.17, 15) is 14.0 Å². The molecule has 0 unspecified atom stereocenters. The van der Waals surface area contributed by atoms with Crippen molar-refractivity contribution in [2.24, 2.45) is 0 Å². The number of aromatic nitrogens is 2. The summed E-state index contributed by atoms with van der Waals surface area (Å²) in [6.45, 7) is 4.25. The number of amides is 1. The molecule has 5 nitrogen and oxygen atoms in total. The van der Waals surface area contributed by atoms with Crippen molar-refractivity contribution in [1.82, 2.24) is 14.9 Å². The Labute approximate surface area is 189 Å². The fourth-order valence-electron chi connectivity index (χ4n) is 3.46. The molecule has 4 aromatic rings. The quantitative estimate of drug-likeness (QED) is 0.348. The highest BCUT2D eigenvalue weighted by molar-refractivity contribution is 7.99. The maximum absolute atomic E-state index is 13.3. The molecule has 0 saturated carbocycles. The highest BCUT2D eigenvalue weighted by Crippen LogP contribution is 2.23. The van der Waals surface area contributed by atoms with Gasteiger partial charge in [0.2, 0.25) is 5.91 Å². The van der Waals surface area contributed by atoms with Crippen LogP contribution in [0.2, 0.25) is 0 Å². The largest absolute Gasteiger partial charge is 0.351 e. The van der Waals surface area contributed by atoms with Gasteiger partial charge in [-0.1, -0.05) is 53.7 Å². The highest BCUT2D eigenvalue weighted by atomic mass is 32.2. The summed E-state index contributed by atoms with van der Waals surface area (Å²) in [6, 6.07) is 19.0. The van der Waals surface area contributed by atoms with Crippen LogP contribution in [0.1, 0.15) is 16.7 Å². The van der Waals surface area contributed by atoms with Crippen LogP contribution in [0.5, 0.6) is 0 Å². The first-order valence-corrected chi connectivity index (χ1v) is 11.1. The number of aryl methyl sites for hydroxylation is 2. The van der Waals surface area contributed by atoms with E-state index >= 15 is 0 Å². The third-order valence-corrected chi connectivity index (χ3v) is 6.01. The van der Waals surface area contributed by atoms with Gasteiger partial charge in [0, 0.05) is 6.54 Å². The van der Waals surface area contributed by atoms with E-state index in [0.717, 1.165) is 22.4 Å². The topological polar surface area (TPSA) is 64.0 Å². The zero-order chi connectivity index (χ0) is 22.7. The minimum absolute atomic E-state index is 0.0941. The van der Waals surface area contributed by atoms with Crippen molar-refractivity contribution in [2.75, 3.05) is 5.75 Å². The van der Waals surface area contributed by atoms with Gasteiger partial charge in [-0.2, -0.15) is 0 Å². The lowest BCUT2D eigenvalue weighted by Gasteiger charge is -2.15. The molecule has 1 N–H and O–H groups in total. The number of nitrogens with zero attached hydrogens (tertiary/aromatic N) is 2. The van der Waals surface area contributed by atoms with E-state index in [1.54, 1.807) is 28.8 Å². The van der Waals surface area contributed by atoms with Gasteiger partial charge < -0.3 is 5.32 Å². The summed E-state index contributed by atoms with van der Waals surface area (Å²) in [6.07, 6.45) is 0.